The number of Topliss-reactive ketones (excluding diaryl/α,β-unsaturated/α-hetero) is 1. The number of ketones is 1. The summed E-state index contributed by atoms with van der Waals surface area (Å²) in [5, 5.41) is 3.09. The van der Waals surface area contributed by atoms with Crippen LogP contribution in [-0.2, 0) is 4.79 Å². The highest BCUT2D eigenvalue weighted by Crippen LogP contribution is 2.22. The van der Waals surface area contributed by atoms with Gasteiger partial charge in [0.05, 0.1) is 11.3 Å². The number of allylic oxidation sites excluding steroid dienone is 3. The molecule has 0 atom stereocenters. The van der Waals surface area contributed by atoms with Crippen LogP contribution < -0.4 is 11.1 Å². The lowest BCUT2D eigenvalue weighted by molar-refractivity contribution is -0.110. The van der Waals surface area contributed by atoms with E-state index in [1.54, 1.807) is 25.4 Å². The second-order valence-electron chi connectivity index (χ2n) is 4.33. The monoisotopic (exact) mass is 243 g/mol. The number of hydrogen-bond acceptors (Lipinski definition) is 4. The number of carbonyl (C=O) groups excluding carboxylic acids is 1. The summed E-state index contributed by atoms with van der Waals surface area (Å²) in [4.78, 5) is 16.7. The van der Waals surface area contributed by atoms with E-state index in [2.05, 4.69) is 10.3 Å². The van der Waals surface area contributed by atoms with Crippen LogP contribution in [0.1, 0.15) is 25.5 Å². The first-order valence-electron chi connectivity index (χ1n) is 6.05. The molecular weight excluding hydrogens is 226 g/mol. The maximum atomic E-state index is 12.5. The van der Waals surface area contributed by atoms with Crippen molar-refractivity contribution in [2.45, 2.75) is 19.8 Å². The van der Waals surface area contributed by atoms with Gasteiger partial charge in [0, 0.05) is 30.2 Å². The topological polar surface area (TPSA) is 68.0 Å². The van der Waals surface area contributed by atoms with Crippen molar-refractivity contribution < 1.29 is 4.79 Å². The number of pyridine rings is 1. The molecule has 2 rings (SSSR count). The highest BCUT2D eigenvalue weighted by molar-refractivity contribution is 6.28. The van der Waals surface area contributed by atoms with Crippen molar-refractivity contribution in [3.8, 4) is 0 Å². The van der Waals surface area contributed by atoms with Crippen molar-refractivity contribution >= 4 is 11.4 Å². The van der Waals surface area contributed by atoms with E-state index in [1.165, 1.54) is 0 Å². The van der Waals surface area contributed by atoms with Crippen molar-refractivity contribution in [3.05, 3.63) is 47.6 Å². The summed E-state index contributed by atoms with van der Waals surface area (Å²) in [7, 11) is 0. The lowest BCUT2D eigenvalue weighted by atomic mass is 9.95. The van der Waals surface area contributed by atoms with Crippen LogP contribution in [0.3, 0.4) is 0 Å². The standard InChI is InChI=1S/C14H17N3O/c1-10(15)13(12-6-2-3-8-17-12)14(18)11-5-4-7-16-9-11/h2-3,6,8-9,16H,4-5,7,15H2,1H3. The first kappa shape index (κ1) is 12.4. The Morgan fingerprint density at radius 3 is 2.83 bits per heavy atom. The molecule has 2 heterocycles. The van der Waals surface area contributed by atoms with Crippen LogP contribution in [0.25, 0.3) is 5.57 Å². The van der Waals surface area contributed by atoms with Gasteiger partial charge < -0.3 is 11.1 Å². The van der Waals surface area contributed by atoms with Gasteiger partial charge in [0.2, 0.25) is 0 Å². The quantitative estimate of drug-likeness (QED) is 0.791. The van der Waals surface area contributed by atoms with Gasteiger partial charge in [0.25, 0.3) is 0 Å². The fraction of sp³-hybridized carbons (Fsp3) is 0.286. The average Bonchev–Trinajstić information content (AvgIpc) is 2.40. The van der Waals surface area contributed by atoms with Gasteiger partial charge in [-0.3, -0.25) is 9.78 Å². The van der Waals surface area contributed by atoms with Crippen LogP contribution in [-0.4, -0.2) is 17.3 Å². The molecule has 0 spiro atoms. The van der Waals surface area contributed by atoms with Gasteiger partial charge >= 0.3 is 0 Å². The number of aromatic nitrogens is 1. The average molecular weight is 243 g/mol. The molecule has 1 aliphatic rings. The van der Waals surface area contributed by atoms with Crippen molar-refractivity contribution in [2.24, 2.45) is 5.73 Å². The molecule has 0 aromatic carbocycles. The third-order valence-corrected chi connectivity index (χ3v) is 2.88. The molecule has 0 unspecified atom stereocenters. The summed E-state index contributed by atoms with van der Waals surface area (Å²) in [6.45, 7) is 2.65. The van der Waals surface area contributed by atoms with E-state index < -0.39 is 0 Å². The molecule has 0 fully saturated rings. The Hall–Kier alpha value is -2.10. The molecule has 18 heavy (non-hydrogen) atoms. The third-order valence-electron chi connectivity index (χ3n) is 2.88. The van der Waals surface area contributed by atoms with E-state index in [-0.39, 0.29) is 5.78 Å². The van der Waals surface area contributed by atoms with Crippen LogP contribution in [0.5, 0.6) is 0 Å². The molecule has 94 valence electrons. The van der Waals surface area contributed by atoms with Crippen LogP contribution in [0, 0.1) is 0 Å². The van der Waals surface area contributed by atoms with Crippen LogP contribution in [0.2, 0.25) is 0 Å². The maximum Gasteiger partial charge on any atom is 0.194 e. The highest BCUT2D eigenvalue weighted by Gasteiger charge is 2.20. The SMILES string of the molecule is CC(N)=C(C(=O)C1=CNCCC1)c1ccccn1. The van der Waals surface area contributed by atoms with E-state index in [0.29, 0.717) is 17.0 Å². The summed E-state index contributed by atoms with van der Waals surface area (Å²) in [5.41, 5.74) is 8.26. The van der Waals surface area contributed by atoms with Gasteiger partial charge in [-0.1, -0.05) is 6.07 Å². The van der Waals surface area contributed by atoms with Crippen molar-refractivity contribution in [3.63, 3.8) is 0 Å². The predicted octanol–water partition coefficient (Wildman–Crippen LogP) is 1.61. The van der Waals surface area contributed by atoms with Gasteiger partial charge in [-0.15, -0.1) is 0 Å². The Morgan fingerprint density at radius 2 is 2.28 bits per heavy atom. The van der Waals surface area contributed by atoms with Gasteiger partial charge in [-0.25, -0.2) is 0 Å². The van der Waals surface area contributed by atoms with Crippen LogP contribution in [0.4, 0.5) is 0 Å². The van der Waals surface area contributed by atoms with E-state index in [4.69, 9.17) is 5.73 Å². The number of nitrogens with one attached hydrogen (secondary N) is 1. The first-order chi connectivity index (χ1) is 8.70. The van der Waals surface area contributed by atoms with E-state index >= 15 is 0 Å². The predicted molar refractivity (Wildman–Crippen MR) is 71.3 cm³/mol. The number of hydrogen-bond donors (Lipinski definition) is 2. The summed E-state index contributed by atoms with van der Waals surface area (Å²) < 4.78 is 0. The molecule has 3 N–H and O–H groups in total. The van der Waals surface area contributed by atoms with Crippen molar-refractivity contribution in [1.82, 2.24) is 10.3 Å². The van der Waals surface area contributed by atoms with Gasteiger partial charge in [0.15, 0.2) is 5.78 Å². The van der Waals surface area contributed by atoms with E-state index in [9.17, 15) is 4.79 Å². The Balaban J connectivity index is 2.36. The molecule has 0 saturated heterocycles. The summed E-state index contributed by atoms with van der Waals surface area (Å²) in [6.07, 6.45) is 5.21. The molecule has 1 aliphatic heterocycles. The molecule has 0 saturated carbocycles. The van der Waals surface area contributed by atoms with Crippen LogP contribution >= 0.6 is 0 Å². The number of rotatable bonds is 3. The molecule has 0 radical (unpaired) electrons. The summed E-state index contributed by atoms with van der Waals surface area (Å²) in [5.74, 6) is -0.0269. The molecule has 0 amide bonds. The zero-order valence-electron chi connectivity index (χ0n) is 10.4. The second kappa shape index (κ2) is 5.49. The number of carbonyl (C=O) groups is 1. The molecule has 0 aliphatic carbocycles. The fourth-order valence-corrected chi connectivity index (χ4v) is 2.00. The molecule has 4 nitrogen and oxygen atoms in total. The minimum absolute atomic E-state index is 0.0269. The minimum Gasteiger partial charge on any atom is -0.402 e. The summed E-state index contributed by atoms with van der Waals surface area (Å²) in [6, 6.07) is 5.48. The van der Waals surface area contributed by atoms with Gasteiger partial charge in [-0.2, -0.15) is 0 Å². The van der Waals surface area contributed by atoms with Gasteiger partial charge in [0.1, 0.15) is 0 Å². The lowest BCUT2D eigenvalue weighted by Crippen LogP contribution is -2.20. The van der Waals surface area contributed by atoms with Crippen molar-refractivity contribution in [1.29, 1.82) is 0 Å². The summed E-state index contributed by atoms with van der Waals surface area (Å²) >= 11 is 0. The zero-order chi connectivity index (χ0) is 13.0. The Kier molecular flexibility index (Phi) is 3.77. The molecular formula is C14H17N3O. The molecule has 4 heteroatoms. The second-order valence-corrected chi connectivity index (χ2v) is 4.33. The Labute approximate surface area is 107 Å². The van der Waals surface area contributed by atoms with Gasteiger partial charge in [-0.05, 0) is 31.9 Å². The maximum absolute atomic E-state index is 12.5. The molecule has 0 bridgehead atoms. The smallest absolute Gasteiger partial charge is 0.194 e. The normalized spacial score (nSPS) is 16.4. The molecule has 1 aromatic heterocycles. The lowest BCUT2D eigenvalue weighted by Gasteiger charge is -2.15. The Bertz CT molecular complexity index is 499. The Morgan fingerprint density at radius 1 is 1.44 bits per heavy atom. The third kappa shape index (κ3) is 2.59. The minimum atomic E-state index is -0.0269. The first-order valence-corrected chi connectivity index (χ1v) is 6.05. The van der Waals surface area contributed by atoms with E-state index in [1.807, 2.05) is 12.1 Å². The van der Waals surface area contributed by atoms with Crippen LogP contribution in [0.15, 0.2) is 41.9 Å². The van der Waals surface area contributed by atoms with E-state index in [0.717, 1.165) is 25.0 Å². The zero-order valence-corrected chi connectivity index (χ0v) is 10.4. The van der Waals surface area contributed by atoms with Crippen molar-refractivity contribution in [2.75, 3.05) is 6.54 Å². The highest BCUT2D eigenvalue weighted by atomic mass is 16.1. The molecule has 1 aromatic rings. The fourth-order valence-electron chi connectivity index (χ4n) is 2.00. The number of nitrogens with zero attached hydrogens (tertiary/aromatic N) is 1. The number of nitrogens with two attached hydrogens (primary N) is 1. The largest absolute Gasteiger partial charge is 0.402 e.